The zero-order valence-electron chi connectivity index (χ0n) is 7.64. The molecule has 0 aromatic carbocycles. The van der Waals surface area contributed by atoms with E-state index in [0.29, 0.717) is 0 Å². The molecule has 1 atom stereocenters. The van der Waals surface area contributed by atoms with Gasteiger partial charge in [0.2, 0.25) is 0 Å². The third-order valence-corrected chi connectivity index (χ3v) is 2.01. The fourth-order valence-electron chi connectivity index (χ4n) is 1.45. The number of aromatic nitrogens is 2. The molecule has 3 heteroatoms. The molecule has 0 spiro atoms. The first-order valence-corrected chi connectivity index (χ1v) is 4.43. The second-order valence-corrected chi connectivity index (χ2v) is 3.42. The quantitative estimate of drug-likeness (QED) is 0.745. The first-order chi connectivity index (χ1) is 6.25. The predicted octanol–water partition coefficient (Wildman–Crippen LogP) is 1.22. The smallest absolute Gasteiger partial charge is 0.0661 e. The molecule has 0 bridgehead atoms. The summed E-state index contributed by atoms with van der Waals surface area (Å²) >= 11 is 0. The fraction of sp³-hybridized carbons (Fsp3) is 0.300. The first kappa shape index (κ1) is 8.26. The SMILES string of the molecule is CC(N)Cc1ccc2ccnn2c1. The summed E-state index contributed by atoms with van der Waals surface area (Å²) in [5, 5.41) is 4.16. The lowest BCUT2D eigenvalue weighted by Gasteiger charge is -2.04. The Morgan fingerprint density at radius 1 is 1.46 bits per heavy atom. The average Bonchev–Trinajstić information content (AvgIpc) is 2.49. The summed E-state index contributed by atoms with van der Waals surface area (Å²) in [5.74, 6) is 0. The standard InChI is InChI=1S/C10H13N3/c1-8(11)6-9-2-3-10-4-5-12-13(10)7-9/h2-5,7-8H,6,11H2,1H3. The Bertz CT molecular complexity index is 403. The molecule has 0 saturated heterocycles. The zero-order chi connectivity index (χ0) is 9.26. The van der Waals surface area contributed by atoms with Gasteiger partial charge in [-0.05, 0) is 31.0 Å². The van der Waals surface area contributed by atoms with Gasteiger partial charge in [-0.25, -0.2) is 4.52 Å². The van der Waals surface area contributed by atoms with E-state index in [0.717, 1.165) is 11.9 Å². The number of nitrogens with zero attached hydrogens (tertiary/aromatic N) is 2. The lowest BCUT2D eigenvalue weighted by Crippen LogP contribution is -2.17. The highest BCUT2D eigenvalue weighted by molar-refractivity contribution is 5.45. The van der Waals surface area contributed by atoms with Gasteiger partial charge in [0.05, 0.1) is 5.52 Å². The third-order valence-electron chi connectivity index (χ3n) is 2.01. The van der Waals surface area contributed by atoms with E-state index < -0.39 is 0 Å². The maximum Gasteiger partial charge on any atom is 0.0661 e. The van der Waals surface area contributed by atoms with Crippen LogP contribution in [0.15, 0.2) is 30.6 Å². The van der Waals surface area contributed by atoms with Gasteiger partial charge in [0.15, 0.2) is 0 Å². The van der Waals surface area contributed by atoms with Gasteiger partial charge in [-0.15, -0.1) is 0 Å². The minimum Gasteiger partial charge on any atom is -0.328 e. The Morgan fingerprint density at radius 2 is 2.31 bits per heavy atom. The van der Waals surface area contributed by atoms with Gasteiger partial charge in [-0.1, -0.05) is 6.07 Å². The van der Waals surface area contributed by atoms with Crippen molar-refractivity contribution < 1.29 is 0 Å². The largest absolute Gasteiger partial charge is 0.328 e. The van der Waals surface area contributed by atoms with Crippen LogP contribution in [0.1, 0.15) is 12.5 Å². The summed E-state index contributed by atoms with van der Waals surface area (Å²) in [5.41, 5.74) is 8.06. The van der Waals surface area contributed by atoms with Gasteiger partial charge in [-0.2, -0.15) is 5.10 Å². The van der Waals surface area contributed by atoms with Crippen molar-refractivity contribution in [3.63, 3.8) is 0 Å². The highest BCUT2D eigenvalue weighted by atomic mass is 15.2. The topological polar surface area (TPSA) is 43.3 Å². The van der Waals surface area contributed by atoms with Crippen molar-refractivity contribution in [2.24, 2.45) is 5.73 Å². The van der Waals surface area contributed by atoms with Crippen LogP contribution < -0.4 is 5.73 Å². The Balaban J connectivity index is 2.37. The highest BCUT2D eigenvalue weighted by Gasteiger charge is 1.99. The van der Waals surface area contributed by atoms with Crippen LogP contribution in [0, 0.1) is 0 Å². The van der Waals surface area contributed by atoms with E-state index in [1.54, 1.807) is 6.20 Å². The number of pyridine rings is 1. The molecule has 0 saturated carbocycles. The van der Waals surface area contributed by atoms with Crippen LogP contribution >= 0.6 is 0 Å². The van der Waals surface area contributed by atoms with Gasteiger partial charge >= 0.3 is 0 Å². The van der Waals surface area contributed by atoms with Crippen LogP contribution in [-0.2, 0) is 6.42 Å². The highest BCUT2D eigenvalue weighted by Crippen LogP contribution is 2.06. The van der Waals surface area contributed by atoms with Gasteiger partial charge in [0, 0.05) is 18.4 Å². The Labute approximate surface area is 77.2 Å². The second kappa shape index (κ2) is 3.18. The maximum absolute atomic E-state index is 5.71. The average molecular weight is 175 g/mol. The predicted molar refractivity (Wildman–Crippen MR) is 52.5 cm³/mol. The molecule has 3 nitrogen and oxygen atoms in total. The summed E-state index contributed by atoms with van der Waals surface area (Å²) in [7, 11) is 0. The summed E-state index contributed by atoms with van der Waals surface area (Å²) < 4.78 is 1.87. The van der Waals surface area contributed by atoms with Gasteiger partial charge in [0.1, 0.15) is 0 Å². The maximum atomic E-state index is 5.71. The molecule has 0 amide bonds. The molecule has 2 heterocycles. The van der Waals surface area contributed by atoms with Crippen molar-refractivity contribution in [1.82, 2.24) is 9.61 Å². The molecule has 0 aliphatic carbocycles. The summed E-state index contributed by atoms with van der Waals surface area (Å²) in [6.07, 6.45) is 4.72. The number of rotatable bonds is 2. The van der Waals surface area contributed by atoms with E-state index in [1.165, 1.54) is 5.56 Å². The van der Waals surface area contributed by atoms with Crippen molar-refractivity contribution in [3.05, 3.63) is 36.2 Å². The number of fused-ring (bicyclic) bond motifs is 1. The van der Waals surface area contributed by atoms with Gasteiger partial charge < -0.3 is 5.73 Å². The monoisotopic (exact) mass is 175 g/mol. The van der Waals surface area contributed by atoms with Crippen LogP contribution in [0.2, 0.25) is 0 Å². The molecule has 2 aromatic heterocycles. The molecule has 1 unspecified atom stereocenters. The molecule has 2 aromatic rings. The molecule has 0 aliphatic rings. The minimum atomic E-state index is 0.202. The molecular formula is C10H13N3. The van der Waals surface area contributed by atoms with Crippen molar-refractivity contribution in [3.8, 4) is 0 Å². The van der Waals surface area contributed by atoms with E-state index in [1.807, 2.05) is 23.7 Å². The molecule has 2 N–H and O–H groups in total. The second-order valence-electron chi connectivity index (χ2n) is 3.42. The Morgan fingerprint density at radius 3 is 3.08 bits per heavy atom. The molecule has 0 radical (unpaired) electrons. The Hall–Kier alpha value is -1.35. The van der Waals surface area contributed by atoms with Crippen LogP contribution in [-0.4, -0.2) is 15.7 Å². The Kier molecular flexibility index (Phi) is 2.02. The lowest BCUT2D eigenvalue weighted by molar-refractivity contribution is 0.732. The normalized spacial score (nSPS) is 13.4. The zero-order valence-corrected chi connectivity index (χ0v) is 7.64. The molecule has 0 fully saturated rings. The van der Waals surface area contributed by atoms with Crippen molar-refractivity contribution >= 4 is 5.52 Å². The summed E-state index contributed by atoms with van der Waals surface area (Å²) in [6, 6.07) is 6.34. The van der Waals surface area contributed by atoms with Crippen LogP contribution in [0.3, 0.4) is 0 Å². The third kappa shape index (κ3) is 1.70. The van der Waals surface area contributed by atoms with E-state index in [2.05, 4.69) is 17.2 Å². The molecule has 2 rings (SSSR count). The molecular weight excluding hydrogens is 162 g/mol. The van der Waals surface area contributed by atoms with Crippen molar-refractivity contribution in [2.45, 2.75) is 19.4 Å². The van der Waals surface area contributed by atoms with Crippen molar-refractivity contribution in [2.75, 3.05) is 0 Å². The minimum absolute atomic E-state index is 0.202. The number of nitrogens with two attached hydrogens (primary N) is 1. The summed E-state index contributed by atoms with van der Waals surface area (Å²) in [6.45, 7) is 2.01. The summed E-state index contributed by atoms with van der Waals surface area (Å²) in [4.78, 5) is 0. The first-order valence-electron chi connectivity index (χ1n) is 4.43. The van der Waals surface area contributed by atoms with Crippen LogP contribution in [0.25, 0.3) is 5.52 Å². The van der Waals surface area contributed by atoms with E-state index >= 15 is 0 Å². The van der Waals surface area contributed by atoms with E-state index in [-0.39, 0.29) is 6.04 Å². The fourth-order valence-corrected chi connectivity index (χ4v) is 1.45. The van der Waals surface area contributed by atoms with E-state index in [9.17, 15) is 0 Å². The molecule has 13 heavy (non-hydrogen) atoms. The van der Waals surface area contributed by atoms with Crippen LogP contribution in [0.4, 0.5) is 0 Å². The molecule has 0 aliphatic heterocycles. The lowest BCUT2D eigenvalue weighted by atomic mass is 10.1. The van der Waals surface area contributed by atoms with Crippen LogP contribution in [0.5, 0.6) is 0 Å². The van der Waals surface area contributed by atoms with Gasteiger partial charge in [-0.3, -0.25) is 0 Å². The molecule has 68 valence electrons. The van der Waals surface area contributed by atoms with Crippen molar-refractivity contribution in [1.29, 1.82) is 0 Å². The van der Waals surface area contributed by atoms with E-state index in [4.69, 9.17) is 5.73 Å². The van der Waals surface area contributed by atoms with Gasteiger partial charge in [0.25, 0.3) is 0 Å². The number of hydrogen-bond acceptors (Lipinski definition) is 2. The number of hydrogen-bond donors (Lipinski definition) is 1.